The van der Waals surface area contributed by atoms with Crippen molar-refractivity contribution in [3.8, 4) is 0 Å². The zero-order chi connectivity index (χ0) is 14.3. The molecule has 4 nitrogen and oxygen atoms in total. The Bertz CT molecular complexity index is 422. The molecule has 0 saturated heterocycles. The Kier molecular flexibility index (Phi) is 5.70. The van der Waals surface area contributed by atoms with Gasteiger partial charge in [-0.25, -0.2) is 0 Å². The van der Waals surface area contributed by atoms with Crippen molar-refractivity contribution in [2.24, 2.45) is 5.41 Å². The first kappa shape index (κ1) is 15.4. The van der Waals surface area contributed by atoms with Crippen LogP contribution in [0.4, 0.5) is 0 Å². The number of nitrogens with one attached hydrogen (secondary N) is 1. The van der Waals surface area contributed by atoms with E-state index in [-0.39, 0.29) is 24.0 Å². The van der Waals surface area contributed by atoms with Crippen molar-refractivity contribution in [1.29, 1.82) is 0 Å². The van der Waals surface area contributed by atoms with Crippen molar-refractivity contribution in [3.05, 3.63) is 36.2 Å². The Morgan fingerprint density at radius 1 is 1.47 bits per heavy atom. The van der Waals surface area contributed by atoms with Gasteiger partial charge in [-0.3, -0.25) is 9.78 Å². The van der Waals surface area contributed by atoms with Crippen molar-refractivity contribution in [1.82, 2.24) is 10.3 Å². The van der Waals surface area contributed by atoms with Crippen molar-refractivity contribution < 1.29 is 9.90 Å². The number of hydrogen-bond donors (Lipinski definition) is 2. The van der Waals surface area contributed by atoms with E-state index >= 15 is 0 Å². The van der Waals surface area contributed by atoms with Crippen molar-refractivity contribution in [3.63, 3.8) is 0 Å². The molecule has 0 saturated carbocycles. The van der Waals surface area contributed by atoms with Gasteiger partial charge in [0, 0.05) is 24.9 Å². The third-order valence-corrected chi connectivity index (χ3v) is 2.87. The molecule has 1 aromatic rings. The average molecular weight is 262 g/mol. The number of carbonyl (C=O) groups is 1. The highest BCUT2D eigenvalue weighted by Crippen LogP contribution is 2.21. The van der Waals surface area contributed by atoms with E-state index in [4.69, 9.17) is 5.11 Å². The maximum absolute atomic E-state index is 11.8. The number of amides is 1. The normalized spacial score (nSPS) is 13.5. The summed E-state index contributed by atoms with van der Waals surface area (Å²) in [6.45, 7) is 6.17. The van der Waals surface area contributed by atoms with Gasteiger partial charge in [-0.05, 0) is 30.0 Å². The van der Waals surface area contributed by atoms with Crippen LogP contribution in [-0.2, 0) is 4.79 Å². The molecular weight excluding hydrogens is 240 g/mol. The average Bonchev–Trinajstić information content (AvgIpc) is 2.36. The lowest BCUT2D eigenvalue weighted by molar-refractivity contribution is -0.118. The van der Waals surface area contributed by atoms with Gasteiger partial charge >= 0.3 is 0 Å². The summed E-state index contributed by atoms with van der Waals surface area (Å²) in [6, 6.07) is 5.47. The number of aliphatic hydroxyl groups excluding tert-OH is 1. The third-order valence-electron chi connectivity index (χ3n) is 2.87. The SMILES string of the molecule is CC(C)(C)C(CCO)NC(=O)/C=C/c1ccccn1. The molecule has 19 heavy (non-hydrogen) atoms. The van der Waals surface area contributed by atoms with Crippen LogP contribution in [0.15, 0.2) is 30.5 Å². The number of rotatable bonds is 5. The molecule has 0 aromatic carbocycles. The third kappa shape index (κ3) is 5.66. The second-order valence-electron chi connectivity index (χ2n) is 5.53. The van der Waals surface area contributed by atoms with E-state index in [1.807, 2.05) is 39.0 Å². The molecule has 0 aliphatic heterocycles. The zero-order valence-corrected chi connectivity index (χ0v) is 11.8. The molecule has 1 heterocycles. The van der Waals surface area contributed by atoms with Crippen LogP contribution in [0.1, 0.15) is 32.9 Å². The number of aliphatic hydroxyl groups is 1. The molecule has 2 N–H and O–H groups in total. The molecule has 1 aromatic heterocycles. The van der Waals surface area contributed by atoms with Crippen LogP contribution in [0, 0.1) is 5.41 Å². The standard InChI is InChI=1S/C15H22N2O2/c1-15(2,3)13(9-11-18)17-14(19)8-7-12-6-4-5-10-16-12/h4-8,10,13,18H,9,11H2,1-3H3,(H,17,19)/b8-7+. The monoisotopic (exact) mass is 262 g/mol. The molecule has 0 fully saturated rings. The van der Waals surface area contributed by atoms with Crippen LogP contribution < -0.4 is 5.32 Å². The van der Waals surface area contributed by atoms with E-state index in [2.05, 4.69) is 10.3 Å². The highest BCUT2D eigenvalue weighted by atomic mass is 16.3. The fourth-order valence-electron chi connectivity index (χ4n) is 1.71. The second kappa shape index (κ2) is 7.04. The maximum Gasteiger partial charge on any atom is 0.244 e. The van der Waals surface area contributed by atoms with Crippen LogP contribution in [-0.4, -0.2) is 28.6 Å². The Balaban J connectivity index is 2.61. The predicted molar refractivity (Wildman–Crippen MR) is 76.4 cm³/mol. The van der Waals surface area contributed by atoms with Crippen LogP contribution in [0.25, 0.3) is 6.08 Å². The van der Waals surface area contributed by atoms with Gasteiger partial charge in [0.15, 0.2) is 0 Å². The van der Waals surface area contributed by atoms with E-state index in [0.29, 0.717) is 6.42 Å². The maximum atomic E-state index is 11.8. The fraction of sp³-hybridized carbons (Fsp3) is 0.467. The van der Waals surface area contributed by atoms with Gasteiger partial charge in [-0.15, -0.1) is 0 Å². The van der Waals surface area contributed by atoms with Gasteiger partial charge in [-0.1, -0.05) is 26.8 Å². The smallest absolute Gasteiger partial charge is 0.244 e. The highest BCUT2D eigenvalue weighted by Gasteiger charge is 2.24. The quantitative estimate of drug-likeness (QED) is 0.798. The molecule has 0 spiro atoms. The molecule has 0 bridgehead atoms. The molecule has 104 valence electrons. The van der Waals surface area contributed by atoms with Crippen LogP contribution in [0.3, 0.4) is 0 Å². The fourth-order valence-corrected chi connectivity index (χ4v) is 1.71. The minimum absolute atomic E-state index is 0.0571. The molecule has 1 amide bonds. The molecule has 0 radical (unpaired) electrons. The lowest BCUT2D eigenvalue weighted by Crippen LogP contribution is -2.43. The summed E-state index contributed by atoms with van der Waals surface area (Å²) < 4.78 is 0. The second-order valence-corrected chi connectivity index (χ2v) is 5.53. The van der Waals surface area contributed by atoms with Gasteiger partial charge in [0.1, 0.15) is 0 Å². The van der Waals surface area contributed by atoms with Gasteiger partial charge in [0.2, 0.25) is 5.91 Å². The molecule has 1 unspecified atom stereocenters. The Labute approximate surface area is 114 Å². The molecule has 4 heteroatoms. The lowest BCUT2D eigenvalue weighted by Gasteiger charge is -2.30. The van der Waals surface area contributed by atoms with Crippen molar-refractivity contribution >= 4 is 12.0 Å². The van der Waals surface area contributed by atoms with Crippen LogP contribution >= 0.6 is 0 Å². The largest absolute Gasteiger partial charge is 0.396 e. The summed E-state index contributed by atoms with van der Waals surface area (Å²) in [6.07, 6.45) is 5.38. The number of nitrogens with zero attached hydrogens (tertiary/aromatic N) is 1. The van der Waals surface area contributed by atoms with E-state index < -0.39 is 0 Å². The summed E-state index contributed by atoms with van der Waals surface area (Å²) in [7, 11) is 0. The predicted octanol–water partition coefficient (Wildman–Crippen LogP) is 2.01. The minimum atomic E-state index is -0.168. The molecule has 1 rings (SSSR count). The number of hydrogen-bond acceptors (Lipinski definition) is 3. The summed E-state index contributed by atoms with van der Waals surface area (Å²) in [4.78, 5) is 15.9. The van der Waals surface area contributed by atoms with Gasteiger partial charge in [-0.2, -0.15) is 0 Å². The Hall–Kier alpha value is -1.68. The van der Waals surface area contributed by atoms with Crippen molar-refractivity contribution in [2.45, 2.75) is 33.2 Å². The van der Waals surface area contributed by atoms with Gasteiger partial charge < -0.3 is 10.4 Å². The minimum Gasteiger partial charge on any atom is -0.396 e. The molecule has 0 aliphatic carbocycles. The Morgan fingerprint density at radius 2 is 2.21 bits per heavy atom. The van der Waals surface area contributed by atoms with Gasteiger partial charge in [0.05, 0.1) is 5.69 Å². The summed E-state index contributed by atoms with van der Waals surface area (Å²) in [5.74, 6) is -0.168. The first-order valence-electron chi connectivity index (χ1n) is 6.44. The first-order chi connectivity index (χ1) is 8.93. The highest BCUT2D eigenvalue weighted by molar-refractivity contribution is 5.91. The topological polar surface area (TPSA) is 62.2 Å². The molecular formula is C15H22N2O2. The molecule has 0 aliphatic rings. The Morgan fingerprint density at radius 3 is 2.74 bits per heavy atom. The number of aromatic nitrogens is 1. The first-order valence-corrected chi connectivity index (χ1v) is 6.44. The van der Waals surface area contributed by atoms with E-state index in [0.717, 1.165) is 5.69 Å². The summed E-state index contributed by atoms with van der Waals surface area (Å²) in [5.41, 5.74) is 0.657. The number of pyridine rings is 1. The molecule has 1 atom stereocenters. The summed E-state index contributed by atoms with van der Waals surface area (Å²) in [5, 5.41) is 12.0. The zero-order valence-electron chi connectivity index (χ0n) is 11.8. The van der Waals surface area contributed by atoms with E-state index in [1.54, 1.807) is 12.3 Å². The number of carbonyl (C=O) groups excluding carboxylic acids is 1. The summed E-state index contributed by atoms with van der Waals surface area (Å²) >= 11 is 0. The van der Waals surface area contributed by atoms with Crippen LogP contribution in [0.2, 0.25) is 0 Å². The van der Waals surface area contributed by atoms with Crippen LogP contribution in [0.5, 0.6) is 0 Å². The van der Waals surface area contributed by atoms with E-state index in [9.17, 15) is 4.79 Å². The van der Waals surface area contributed by atoms with Gasteiger partial charge in [0.25, 0.3) is 0 Å². The lowest BCUT2D eigenvalue weighted by atomic mass is 9.85. The van der Waals surface area contributed by atoms with E-state index in [1.165, 1.54) is 6.08 Å². The van der Waals surface area contributed by atoms with Crippen molar-refractivity contribution in [2.75, 3.05) is 6.61 Å².